The molecule has 0 saturated heterocycles. The number of anilines is 2. The molecular formula is C16H19N5O. The number of hydrogen-bond donors (Lipinski definition) is 3. The van der Waals surface area contributed by atoms with Gasteiger partial charge in [0.15, 0.2) is 0 Å². The van der Waals surface area contributed by atoms with Crippen LogP contribution in [0, 0.1) is 13.8 Å². The van der Waals surface area contributed by atoms with Crippen LogP contribution >= 0.6 is 0 Å². The molecule has 114 valence electrons. The van der Waals surface area contributed by atoms with Gasteiger partial charge in [-0.3, -0.25) is 9.78 Å². The van der Waals surface area contributed by atoms with Gasteiger partial charge in [-0.2, -0.15) is 0 Å². The first-order valence-corrected chi connectivity index (χ1v) is 7.21. The van der Waals surface area contributed by atoms with Crippen LogP contribution in [-0.2, 0) is 0 Å². The smallest absolute Gasteiger partial charge is 0.252 e. The van der Waals surface area contributed by atoms with Crippen LogP contribution in [0.5, 0.6) is 0 Å². The predicted octanol–water partition coefficient (Wildman–Crippen LogP) is 2.05. The van der Waals surface area contributed by atoms with E-state index < -0.39 is 0 Å². The summed E-state index contributed by atoms with van der Waals surface area (Å²) in [5, 5.41) is 5.13. The summed E-state index contributed by atoms with van der Waals surface area (Å²) in [6.45, 7) is 5.88. The van der Waals surface area contributed by atoms with E-state index in [-0.39, 0.29) is 11.6 Å². The summed E-state index contributed by atoms with van der Waals surface area (Å²) in [5.41, 5.74) is 5.93. The maximum Gasteiger partial charge on any atom is 0.252 e. The Kier molecular flexibility index (Phi) is 3.68. The third-order valence-corrected chi connectivity index (χ3v) is 3.34. The lowest BCUT2D eigenvalue weighted by Crippen LogP contribution is -2.39. The number of aromatic nitrogens is 2. The molecule has 0 spiro atoms. The molecule has 1 aromatic carbocycles. The van der Waals surface area contributed by atoms with Gasteiger partial charge in [-0.25, -0.2) is 15.4 Å². The first-order valence-electron chi connectivity index (χ1n) is 7.21. The van der Waals surface area contributed by atoms with Gasteiger partial charge in [0, 0.05) is 23.5 Å². The third-order valence-electron chi connectivity index (χ3n) is 3.34. The molecule has 2 heterocycles. The molecule has 0 radical (unpaired) electrons. The van der Waals surface area contributed by atoms with Gasteiger partial charge < -0.3 is 5.32 Å². The highest BCUT2D eigenvalue weighted by molar-refractivity contribution is 5.56. The first kappa shape index (κ1) is 14.3. The minimum atomic E-state index is -0.168. The van der Waals surface area contributed by atoms with Gasteiger partial charge in [-0.05, 0) is 44.5 Å². The molecule has 6 heteroatoms. The van der Waals surface area contributed by atoms with Crippen molar-refractivity contribution in [1.82, 2.24) is 15.4 Å². The number of rotatable bonds is 3. The van der Waals surface area contributed by atoms with Crippen molar-refractivity contribution >= 4 is 11.6 Å². The van der Waals surface area contributed by atoms with Crippen LogP contribution in [0.1, 0.15) is 18.2 Å². The molecule has 0 fully saturated rings. The van der Waals surface area contributed by atoms with E-state index in [0.29, 0.717) is 11.6 Å². The highest BCUT2D eigenvalue weighted by Crippen LogP contribution is 2.20. The summed E-state index contributed by atoms with van der Waals surface area (Å²) >= 11 is 0. The first-order chi connectivity index (χ1) is 10.5. The van der Waals surface area contributed by atoms with E-state index in [9.17, 15) is 4.79 Å². The number of H-pyrrole nitrogens is 1. The van der Waals surface area contributed by atoms with E-state index in [1.807, 2.05) is 38.1 Å². The lowest BCUT2D eigenvalue weighted by molar-refractivity contribution is 0.658. The van der Waals surface area contributed by atoms with E-state index in [1.165, 1.54) is 11.6 Å². The van der Waals surface area contributed by atoms with Crippen molar-refractivity contribution in [2.45, 2.75) is 26.8 Å². The van der Waals surface area contributed by atoms with Crippen molar-refractivity contribution in [3.63, 3.8) is 0 Å². The Labute approximate surface area is 128 Å². The van der Waals surface area contributed by atoms with Crippen LogP contribution in [0.3, 0.4) is 0 Å². The maximum absolute atomic E-state index is 11.7. The second-order valence-corrected chi connectivity index (χ2v) is 5.51. The number of benzene rings is 1. The highest BCUT2D eigenvalue weighted by atomic mass is 16.1. The van der Waals surface area contributed by atoms with Gasteiger partial charge >= 0.3 is 0 Å². The van der Waals surface area contributed by atoms with Gasteiger partial charge in [-0.15, -0.1) is 0 Å². The number of hydrogen-bond acceptors (Lipinski definition) is 5. The molecule has 6 nitrogen and oxygen atoms in total. The van der Waals surface area contributed by atoms with Crippen LogP contribution in [0.15, 0.2) is 47.0 Å². The molecule has 0 aliphatic carbocycles. The molecule has 0 amide bonds. The molecule has 1 aromatic heterocycles. The monoisotopic (exact) mass is 297 g/mol. The van der Waals surface area contributed by atoms with Crippen molar-refractivity contribution in [3.05, 3.63) is 63.8 Å². The molecule has 0 bridgehead atoms. The van der Waals surface area contributed by atoms with E-state index in [1.54, 1.807) is 11.9 Å². The van der Waals surface area contributed by atoms with Crippen LogP contribution in [0.25, 0.3) is 0 Å². The number of hydrazine groups is 1. The van der Waals surface area contributed by atoms with Crippen LogP contribution in [0.4, 0.5) is 11.6 Å². The SMILES string of the molecule is Cc1cccc(NC2=CC(C)NN2c2nc(C)cc(=O)[nH]2)c1. The summed E-state index contributed by atoms with van der Waals surface area (Å²) in [4.78, 5) is 18.8. The zero-order valence-corrected chi connectivity index (χ0v) is 12.8. The standard InChI is InChI=1S/C16H19N5O/c1-10-5-4-6-13(7-10)18-14-8-12(3)20-21(14)16-17-11(2)9-15(22)19-16/h4-9,12,18,20H,1-3H3,(H,17,19,22). The van der Waals surface area contributed by atoms with Gasteiger partial charge in [0.25, 0.3) is 5.56 Å². The van der Waals surface area contributed by atoms with Gasteiger partial charge in [0.1, 0.15) is 5.82 Å². The maximum atomic E-state index is 11.7. The Balaban J connectivity index is 1.91. The fraction of sp³-hybridized carbons (Fsp3) is 0.250. The molecule has 22 heavy (non-hydrogen) atoms. The Morgan fingerprint density at radius 2 is 2.09 bits per heavy atom. The summed E-state index contributed by atoms with van der Waals surface area (Å²) in [6, 6.07) is 9.72. The zero-order valence-electron chi connectivity index (χ0n) is 12.8. The average Bonchev–Trinajstić information content (AvgIpc) is 2.78. The Bertz CT molecular complexity index is 780. The number of aromatic amines is 1. The summed E-state index contributed by atoms with van der Waals surface area (Å²) < 4.78 is 0. The van der Waals surface area contributed by atoms with E-state index in [4.69, 9.17) is 0 Å². The lowest BCUT2D eigenvalue weighted by Gasteiger charge is -2.22. The van der Waals surface area contributed by atoms with Gasteiger partial charge in [-0.1, -0.05) is 12.1 Å². The van der Waals surface area contributed by atoms with E-state index >= 15 is 0 Å². The highest BCUT2D eigenvalue weighted by Gasteiger charge is 2.23. The summed E-state index contributed by atoms with van der Waals surface area (Å²) in [6.07, 6.45) is 2.05. The molecule has 2 aromatic rings. The minimum Gasteiger partial charge on any atom is -0.341 e. The Hall–Kier alpha value is -2.60. The molecule has 3 rings (SSSR count). The van der Waals surface area contributed by atoms with Crippen molar-refractivity contribution in [2.75, 3.05) is 10.3 Å². The summed E-state index contributed by atoms with van der Waals surface area (Å²) in [7, 11) is 0. The zero-order chi connectivity index (χ0) is 15.7. The number of nitrogens with zero attached hydrogens (tertiary/aromatic N) is 2. The normalized spacial score (nSPS) is 17.5. The molecule has 0 saturated carbocycles. The quantitative estimate of drug-likeness (QED) is 0.808. The van der Waals surface area contributed by atoms with Crippen molar-refractivity contribution in [3.8, 4) is 0 Å². The van der Waals surface area contributed by atoms with Crippen LogP contribution in [0.2, 0.25) is 0 Å². The van der Waals surface area contributed by atoms with E-state index in [2.05, 4.69) is 26.8 Å². The van der Waals surface area contributed by atoms with Crippen LogP contribution in [-0.4, -0.2) is 16.0 Å². The van der Waals surface area contributed by atoms with Gasteiger partial charge in [0.05, 0.1) is 0 Å². The average molecular weight is 297 g/mol. The molecule has 1 atom stereocenters. The molecular weight excluding hydrogens is 278 g/mol. The Morgan fingerprint density at radius 3 is 2.82 bits per heavy atom. The van der Waals surface area contributed by atoms with Crippen molar-refractivity contribution < 1.29 is 0 Å². The number of nitrogens with one attached hydrogen (secondary N) is 3. The Morgan fingerprint density at radius 1 is 1.27 bits per heavy atom. The molecule has 1 aliphatic heterocycles. The molecule has 1 unspecified atom stereocenters. The number of aryl methyl sites for hydroxylation is 2. The van der Waals surface area contributed by atoms with E-state index in [0.717, 1.165) is 11.5 Å². The lowest BCUT2D eigenvalue weighted by atomic mass is 10.2. The van der Waals surface area contributed by atoms with Gasteiger partial charge in [0.2, 0.25) is 5.95 Å². The van der Waals surface area contributed by atoms with Crippen molar-refractivity contribution in [2.24, 2.45) is 0 Å². The largest absolute Gasteiger partial charge is 0.341 e. The minimum absolute atomic E-state index is 0.137. The second-order valence-electron chi connectivity index (χ2n) is 5.51. The molecule has 1 aliphatic rings. The topological polar surface area (TPSA) is 73.0 Å². The molecule has 3 N–H and O–H groups in total. The third kappa shape index (κ3) is 3.01. The fourth-order valence-corrected chi connectivity index (χ4v) is 2.43. The second kappa shape index (κ2) is 5.65. The predicted molar refractivity (Wildman–Crippen MR) is 87.6 cm³/mol. The summed E-state index contributed by atoms with van der Waals surface area (Å²) in [5.74, 6) is 1.31. The fourth-order valence-electron chi connectivity index (χ4n) is 2.43. The van der Waals surface area contributed by atoms with Crippen LogP contribution < -0.4 is 21.3 Å². The van der Waals surface area contributed by atoms with Crippen molar-refractivity contribution in [1.29, 1.82) is 0 Å².